The van der Waals surface area contributed by atoms with Gasteiger partial charge in [-0.1, -0.05) is 0 Å². The van der Waals surface area contributed by atoms with Crippen molar-refractivity contribution in [3.8, 4) is 0 Å². The van der Waals surface area contributed by atoms with E-state index in [1.165, 1.54) is 0 Å². The number of guanidine groups is 1. The standard InChI is InChI=1S/C5H10O4.CH5N3/c6-1-4-5(8)3(7)2-9-4;2-1(3)4/h3-8H,1-2H2;(H5,2,3,4)/t3-,4+,5-;/m0./s1. The average molecular weight is 193 g/mol. The first-order valence-corrected chi connectivity index (χ1v) is 3.67. The lowest BCUT2D eigenvalue weighted by Gasteiger charge is -2.10. The summed E-state index contributed by atoms with van der Waals surface area (Å²) in [5.74, 6) is -0.333. The van der Waals surface area contributed by atoms with Crippen molar-refractivity contribution in [2.24, 2.45) is 11.5 Å². The molecule has 0 radical (unpaired) electrons. The zero-order valence-electron chi connectivity index (χ0n) is 7.05. The molecule has 1 aliphatic rings. The highest BCUT2D eigenvalue weighted by Gasteiger charge is 2.33. The number of hydrogen-bond acceptors (Lipinski definition) is 5. The largest absolute Gasteiger partial charge is 0.394 e. The normalized spacial score (nSPS) is 32.1. The predicted octanol–water partition coefficient (Wildman–Crippen LogP) is -3.06. The zero-order chi connectivity index (χ0) is 10.4. The fraction of sp³-hybridized carbons (Fsp3) is 0.833. The molecule has 0 unspecified atom stereocenters. The lowest BCUT2D eigenvalue weighted by Crippen LogP contribution is -2.31. The average Bonchev–Trinajstić information content (AvgIpc) is 2.32. The van der Waals surface area contributed by atoms with Crippen molar-refractivity contribution in [2.75, 3.05) is 13.2 Å². The number of nitrogens with one attached hydrogen (secondary N) is 1. The van der Waals surface area contributed by atoms with Gasteiger partial charge in [0.05, 0.1) is 13.2 Å². The minimum atomic E-state index is -0.921. The summed E-state index contributed by atoms with van der Waals surface area (Å²) in [5, 5.41) is 32.2. The Morgan fingerprint density at radius 2 is 1.92 bits per heavy atom. The maximum absolute atomic E-state index is 8.92. The summed E-state index contributed by atoms with van der Waals surface area (Å²) >= 11 is 0. The maximum Gasteiger partial charge on any atom is 0.183 e. The van der Waals surface area contributed by atoms with Crippen molar-refractivity contribution in [3.05, 3.63) is 0 Å². The van der Waals surface area contributed by atoms with Crippen LogP contribution in [-0.4, -0.2) is 52.8 Å². The van der Waals surface area contributed by atoms with E-state index < -0.39 is 18.3 Å². The third-order valence-electron chi connectivity index (χ3n) is 1.44. The van der Waals surface area contributed by atoms with Gasteiger partial charge in [0.2, 0.25) is 0 Å². The molecule has 1 aliphatic heterocycles. The molecule has 0 aromatic heterocycles. The van der Waals surface area contributed by atoms with E-state index in [9.17, 15) is 0 Å². The molecule has 1 heterocycles. The van der Waals surface area contributed by atoms with Gasteiger partial charge in [0.25, 0.3) is 0 Å². The molecule has 0 aliphatic carbocycles. The Hall–Kier alpha value is -0.890. The first-order chi connectivity index (χ1) is 5.99. The summed E-state index contributed by atoms with van der Waals surface area (Å²) in [6.07, 6.45) is -2.35. The predicted molar refractivity (Wildman–Crippen MR) is 44.9 cm³/mol. The minimum Gasteiger partial charge on any atom is -0.394 e. The van der Waals surface area contributed by atoms with Gasteiger partial charge in [-0.25, -0.2) is 0 Å². The molecule has 0 aromatic carbocycles. The number of aliphatic hydroxyl groups excluding tert-OH is 3. The second-order valence-corrected chi connectivity index (χ2v) is 2.57. The molecule has 0 aromatic rings. The summed E-state index contributed by atoms with van der Waals surface area (Å²) < 4.78 is 4.78. The maximum atomic E-state index is 8.92. The molecular formula is C6H15N3O4. The molecular weight excluding hydrogens is 178 g/mol. The molecule has 13 heavy (non-hydrogen) atoms. The van der Waals surface area contributed by atoms with Crippen LogP contribution in [0, 0.1) is 5.41 Å². The molecule has 1 saturated heterocycles. The third-order valence-corrected chi connectivity index (χ3v) is 1.44. The minimum absolute atomic E-state index is 0.117. The van der Waals surface area contributed by atoms with Crippen LogP contribution in [0.1, 0.15) is 0 Å². The Balaban J connectivity index is 0.000000310. The van der Waals surface area contributed by atoms with E-state index in [0.717, 1.165) is 0 Å². The van der Waals surface area contributed by atoms with E-state index in [2.05, 4.69) is 11.5 Å². The summed E-state index contributed by atoms with van der Waals surface area (Å²) in [5.41, 5.74) is 8.94. The van der Waals surface area contributed by atoms with Crippen LogP contribution >= 0.6 is 0 Å². The van der Waals surface area contributed by atoms with Crippen LogP contribution in [0.25, 0.3) is 0 Å². The smallest absolute Gasteiger partial charge is 0.183 e. The third kappa shape index (κ3) is 4.63. The summed E-state index contributed by atoms with van der Waals surface area (Å²) in [6, 6.07) is 0. The molecule has 1 fully saturated rings. The van der Waals surface area contributed by atoms with Crippen LogP contribution in [0.4, 0.5) is 0 Å². The molecule has 0 saturated carbocycles. The second-order valence-electron chi connectivity index (χ2n) is 2.57. The molecule has 7 nitrogen and oxygen atoms in total. The van der Waals surface area contributed by atoms with E-state index in [-0.39, 0.29) is 19.2 Å². The highest BCUT2D eigenvalue weighted by atomic mass is 16.5. The molecule has 0 amide bonds. The van der Waals surface area contributed by atoms with Gasteiger partial charge in [-0.05, 0) is 0 Å². The van der Waals surface area contributed by atoms with Gasteiger partial charge in [0, 0.05) is 0 Å². The molecule has 78 valence electrons. The SMILES string of the molecule is N=C(N)N.OC[C@H]1OC[C@H](O)[C@@H]1O. The van der Waals surface area contributed by atoms with Crippen molar-refractivity contribution in [2.45, 2.75) is 18.3 Å². The van der Waals surface area contributed by atoms with E-state index in [1.54, 1.807) is 0 Å². The molecule has 3 atom stereocenters. The number of aliphatic hydroxyl groups is 3. The fourth-order valence-electron chi connectivity index (χ4n) is 0.828. The van der Waals surface area contributed by atoms with E-state index >= 15 is 0 Å². The topological polar surface area (TPSA) is 146 Å². The van der Waals surface area contributed by atoms with Gasteiger partial charge in [0.15, 0.2) is 5.96 Å². The molecule has 0 spiro atoms. The first kappa shape index (κ1) is 12.1. The van der Waals surface area contributed by atoms with Crippen LogP contribution in [0.2, 0.25) is 0 Å². The van der Waals surface area contributed by atoms with Crippen LogP contribution in [0.3, 0.4) is 0 Å². The van der Waals surface area contributed by atoms with Crippen LogP contribution in [-0.2, 0) is 4.74 Å². The van der Waals surface area contributed by atoms with Crippen LogP contribution < -0.4 is 11.5 Å². The van der Waals surface area contributed by atoms with Gasteiger partial charge < -0.3 is 31.5 Å². The number of ether oxygens (including phenoxy) is 1. The van der Waals surface area contributed by atoms with Crippen molar-refractivity contribution in [1.29, 1.82) is 5.41 Å². The van der Waals surface area contributed by atoms with Crippen molar-refractivity contribution < 1.29 is 20.1 Å². The Kier molecular flexibility index (Phi) is 5.31. The lowest BCUT2D eigenvalue weighted by atomic mass is 10.2. The number of hydrogen-bond donors (Lipinski definition) is 6. The van der Waals surface area contributed by atoms with Crippen molar-refractivity contribution in [3.63, 3.8) is 0 Å². The van der Waals surface area contributed by atoms with E-state index in [1.807, 2.05) is 0 Å². The number of rotatable bonds is 1. The lowest BCUT2D eigenvalue weighted by molar-refractivity contribution is -0.00588. The molecule has 1 rings (SSSR count). The Bertz CT molecular complexity index is 162. The highest BCUT2D eigenvalue weighted by Crippen LogP contribution is 2.12. The number of nitrogens with two attached hydrogens (primary N) is 2. The summed E-state index contributed by atoms with van der Waals surface area (Å²) in [6.45, 7) is -0.120. The van der Waals surface area contributed by atoms with Gasteiger partial charge >= 0.3 is 0 Å². The Morgan fingerprint density at radius 1 is 1.46 bits per heavy atom. The van der Waals surface area contributed by atoms with Crippen molar-refractivity contribution in [1.82, 2.24) is 0 Å². The molecule has 8 N–H and O–H groups in total. The van der Waals surface area contributed by atoms with Gasteiger partial charge in [-0.2, -0.15) is 0 Å². The van der Waals surface area contributed by atoms with Crippen molar-refractivity contribution >= 4 is 5.96 Å². The quantitative estimate of drug-likeness (QED) is 0.192. The van der Waals surface area contributed by atoms with Gasteiger partial charge in [-0.15, -0.1) is 0 Å². The Morgan fingerprint density at radius 3 is 2.08 bits per heavy atom. The van der Waals surface area contributed by atoms with Gasteiger partial charge in [0.1, 0.15) is 18.3 Å². The summed E-state index contributed by atoms with van der Waals surface area (Å²) in [7, 11) is 0. The van der Waals surface area contributed by atoms with Gasteiger partial charge in [-0.3, -0.25) is 5.41 Å². The van der Waals surface area contributed by atoms with Crippen LogP contribution in [0.5, 0.6) is 0 Å². The molecule has 7 heteroatoms. The zero-order valence-corrected chi connectivity index (χ0v) is 7.05. The first-order valence-electron chi connectivity index (χ1n) is 3.67. The molecule has 0 bridgehead atoms. The van der Waals surface area contributed by atoms with E-state index in [0.29, 0.717) is 0 Å². The summed E-state index contributed by atoms with van der Waals surface area (Å²) in [4.78, 5) is 0. The highest BCUT2D eigenvalue weighted by molar-refractivity contribution is 5.71. The van der Waals surface area contributed by atoms with E-state index in [4.69, 9.17) is 25.5 Å². The Labute approximate surface area is 75.4 Å². The second kappa shape index (κ2) is 5.70. The van der Waals surface area contributed by atoms with Crippen LogP contribution in [0.15, 0.2) is 0 Å². The fourth-order valence-corrected chi connectivity index (χ4v) is 0.828. The monoisotopic (exact) mass is 193 g/mol.